The second-order valence-electron chi connectivity index (χ2n) is 5.15. The van der Waals surface area contributed by atoms with Gasteiger partial charge in [0.1, 0.15) is 0 Å². The van der Waals surface area contributed by atoms with Crippen molar-refractivity contribution >= 4 is 10.0 Å². The summed E-state index contributed by atoms with van der Waals surface area (Å²) >= 11 is 0. The molecule has 8 heteroatoms. The second-order valence-corrected chi connectivity index (χ2v) is 7.11. The van der Waals surface area contributed by atoms with Crippen LogP contribution >= 0.6 is 0 Å². The molecule has 7 nitrogen and oxygen atoms in total. The predicted molar refractivity (Wildman–Crippen MR) is 79.1 cm³/mol. The van der Waals surface area contributed by atoms with Crippen LogP contribution < -0.4 is 5.32 Å². The molecule has 0 aliphatic rings. The Labute approximate surface area is 121 Å². The fraction of sp³-hybridized carbons (Fsp3) is 0.750. The van der Waals surface area contributed by atoms with Gasteiger partial charge < -0.3 is 10.2 Å². The topological polar surface area (TPSA) is 81.3 Å². The minimum Gasteiger partial charge on any atom is -0.316 e. The average molecular weight is 303 g/mol. The van der Waals surface area contributed by atoms with Gasteiger partial charge >= 0.3 is 0 Å². The van der Waals surface area contributed by atoms with Gasteiger partial charge in [0.25, 0.3) is 10.0 Å². The number of aryl methyl sites for hydroxylation is 1. The molecule has 1 rings (SSSR count). The number of aromatic nitrogens is 2. The molecule has 0 fully saturated rings. The smallest absolute Gasteiger partial charge is 0.262 e. The van der Waals surface area contributed by atoms with E-state index in [2.05, 4.69) is 15.5 Å². The first-order valence-electron chi connectivity index (χ1n) is 6.60. The molecule has 116 valence electrons. The van der Waals surface area contributed by atoms with E-state index in [0.717, 1.165) is 18.7 Å². The van der Waals surface area contributed by atoms with Crippen LogP contribution in [0.15, 0.2) is 5.03 Å². The average Bonchev–Trinajstić information content (AvgIpc) is 2.71. The zero-order chi connectivity index (χ0) is 15.3. The normalized spacial score (nSPS) is 12.6. The third kappa shape index (κ3) is 4.02. The zero-order valence-electron chi connectivity index (χ0n) is 12.9. The molecule has 1 aromatic heterocycles. The molecular formula is C12H25N5O2S. The van der Waals surface area contributed by atoms with Crippen molar-refractivity contribution in [2.45, 2.75) is 24.9 Å². The highest BCUT2D eigenvalue weighted by Gasteiger charge is 2.27. The van der Waals surface area contributed by atoms with Crippen LogP contribution in [0, 0.1) is 6.92 Å². The van der Waals surface area contributed by atoms with E-state index in [1.807, 2.05) is 25.9 Å². The highest BCUT2D eigenvalue weighted by molar-refractivity contribution is 7.89. The maximum atomic E-state index is 12.5. The van der Waals surface area contributed by atoms with Crippen LogP contribution in [0.5, 0.6) is 0 Å². The molecule has 0 unspecified atom stereocenters. The maximum Gasteiger partial charge on any atom is 0.262 e. The largest absolute Gasteiger partial charge is 0.316 e. The van der Waals surface area contributed by atoms with E-state index in [4.69, 9.17) is 0 Å². The summed E-state index contributed by atoms with van der Waals surface area (Å²) in [5.74, 6) is 0. The second kappa shape index (κ2) is 7.16. The van der Waals surface area contributed by atoms with E-state index >= 15 is 0 Å². The van der Waals surface area contributed by atoms with Crippen molar-refractivity contribution in [2.75, 3.05) is 41.3 Å². The predicted octanol–water partition coefficient (Wildman–Crippen LogP) is 0.00972. The molecule has 0 atom stereocenters. The Bertz CT molecular complexity index is 524. The summed E-state index contributed by atoms with van der Waals surface area (Å²) in [5.41, 5.74) is 1.48. The first-order valence-corrected chi connectivity index (χ1v) is 8.04. The first kappa shape index (κ1) is 17.1. The Balaban J connectivity index is 2.87. The summed E-state index contributed by atoms with van der Waals surface area (Å²) in [5, 5.41) is 9.81. The summed E-state index contributed by atoms with van der Waals surface area (Å²) in [6.07, 6.45) is 0.785. The molecule has 0 aliphatic heterocycles. The van der Waals surface area contributed by atoms with E-state index < -0.39 is 10.0 Å². The summed E-state index contributed by atoms with van der Waals surface area (Å²) in [4.78, 5) is 2.03. The van der Waals surface area contributed by atoms with Gasteiger partial charge in [-0.2, -0.15) is 9.40 Å². The maximum absolute atomic E-state index is 12.5. The van der Waals surface area contributed by atoms with E-state index in [-0.39, 0.29) is 5.03 Å². The lowest BCUT2D eigenvalue weighted by Gasteiger charge is -2.18. The minimum atomic E-state index is -3.54. The number of hydrogen-bond donors (Lipinski definition) is 2. The van der Waals surface area contributed by atoms with E-state index in [0.29, 0.717) is 18.7 Å². The summed E-state index contributed by atoms with van der Waals surface area (Å²) in [6.45, 7) is 3.63. The van der Waals surface area contributed by atoms with Gasteiger partial charge in [0.15, 0.2) is 5.03 Å². The van der Waals surface area contributed by atoms with Gasteiger partial charge in [-0.3, -0.25) is 5.10 Å². The van der Waals surface area contributed by atoms with Crippen LogP contribution in [-0.2, 0) is 16.6 Å². The Hall–Kier alpha value is -0.960. The van der Waals surface area contributed by atoms with Gasteiger partial charge in [0.05, 0.1) is 0 Å². The lowest BCUT2D eigenvalue weighted by molar-refractivity contribution is 0.369. The van der Waals surface area contributed by atoms with Gasteiger partial charge in [0, 0.05) is 31.4 Å². The van der Waals surface area contributed by atoms with Crippen molar-refractivity contribution in [1.29, 1.82) is 0 Å². The monoisotopic (exact) mass is 303 g/mol. The van der Waals surface area contributed by atoms with E-state index in [1.165, 1.54) is 4.31 Å². The van der Waals surface area contributed by atoms with Gasteiger partial charge in [-0.05, 0) is 41.0 Å². The Kier molecular flexibility index (Phi) is 6.12. The van der Waals surface area contributed by atoms with Gasteiger partial charge in [0.2, 0.25) is 0 Å². The standard InChI is InChI=1S/C12H25N5O2S/c1-10-11(9-13-2)12(15-14-10)20(18,19)17(5)8-6-7-16(3)4/h13H,6-9H2,1-5H3,(H,14,15). The quantitative estimate of drug-likeness (QED) is 0.707. The zero-order valence-corrected chi connectivity index (χ0v) is 13.7. The number of H-pyrrole nitrogens is 1. The SMILES string of the molecule is CNCc1c(S(=O)(=O)N(C)CCCN(C)C)n[nH]c1C. The Morgan fingerprint density at radius 1 is 1.25 bits per heavy atom. The van der Waals surface area contributed by atoms with Crippen LogP contribution in [-0.4, -0.2) is 69.1 Å². The van der Waals surface area contributed by atoms with Crippen LogP contribution in [0.2, 0.25) is 0 Å². The minimum absolute atomic E-state index is 0.122. The molecule has 0 radical (unpaired) electrons. The van der Waals surface area contributed by atoms with E-state index in [9.17, 15) is 8.42 Å². The number of nitrogens with zero attached hydrogens (tertiary/aromatic N) is 3. The number of nitrogens with one attached hydrogen (secondary N) is 2. The van der Waals surface area contributed by atoms with Crippen molar-refractivity contribution in [3.8, 4) is 0 Å². The van der Waals surface area contributed by atoms with Crippen molar-refractivity contribution < 1.29 is 8.42 Å². The third-order valence-electron chi connectivity index (χ3n) is 3.12. The molecule has 0 saturated heterocycles. The summed E-state index contributed by atoms with van der Waals surface area (Å²) in [6, 6.07) is 0. The first-order chi connectivity index (χ1) is 9.30. The lowest BCUT2D eigenvalue weighted by Crippen LogP contribution is -2.31. The molecule has 1 aromatic rings. The van der Waals surface area contributed by atoms with Crippen LogP contribution in [0.4, 0.5) is 0 Å². The van der Waals surface area contributed by atoms with Crippen molar-refractivity contribution in [1.82, 2.24) is 24.7 Å². The molecule has 0 amide bonds. The van der Waals surface area contributed by atoms with Gasteiger partial charge in [-0.15, -0.1) is 0 Å². The third-order valence-corrected chi connectivity index (χ3v) is 4.95. The van der Waals surface area contributed by atoms with Crippen molar-refractivity contribution in [2.24, 2.45) is 0 Å². The molecule has 0 aliphatic carbocycles. The highest BCUT2D eigenvalue weighted by Crippen LogP contribution is 2.19. The van der Waals surface area contributed by atoms with E-state index in [1.54, 1.807) is 14.1 Å². The van der Waals surface area contributed by atoms with Gasteiger partial charge in [-0.25, -0.2) is 8.42 Å². The number of hydrogen-bond acceptors (Lipinski definition) is 5. The van der Waals surface area contributed by atoms with Gasteiger partial charge in [-0.1, -0.05) is 0 Å². The number of rotatable bonds is 8. The summed E-state index contributed by atoms with van der Waals surface area (Å²) < 4.78 is 26.4. The molecule has 0 aromatic carbocycles. The Morgan fingerprint density at radius 2 is 1.90 bits per heavy atom. The Morgan fingerprint density at radius 3 is 2.45 bits per heavy atom. The van der Waals surface area contributed by atoms with Crippen molar-refractivity contribution in [3.05, 3.63) is 11.3 Å². The van der Waals surface area contributed by atoms with Crippen LogP contribution in [0.25, 0.3) is 0 Å². The molecular weight excluding hydrogens is 278 g/mol. The molecule has 0 bridgehead atoms. The fourth-order valence-electron chi connectivity index (χ4n) is 1.91. The fourth-order valence-corrected chi connectivity index (χ4v) is 3.27. The van der Waals surface area contributed by atoms with Crippen molar-refractivity contribution in [3.63, 3.8) is 0 Å². The molecule has 0 saturated carbocycles. The number of sulfonamides is 1. The molecule has 1 heterocycles. The van der Waals surface area contributed by atoms with Crippen LogP contribution in [0.3, 0.4) is 0 Å². The molecule has 0 spiro atoms. The lowest BCUT2D eigenvalue weighted by atomic mass is 10.3. The van der Waals surface area contributed by atoms with Crippen LogP contribution in [0.1, 0.15) is 17.7 Å². The molecule has 20 heavy (non-hydrogen) atoms. The number of aromatic amines is 1. The summed E-state index contributed by atoms with van der Waals surface area (Å²) in [7, 11) is 3.78. The highest BCUT2D eigenvalue weighted by atomic mass is 32.2. The molecule has 2 N–H and O–H groups in total.